The molecule has 1 unspecified atom stereocenters. The molecule has 4 rings (SSSR count). The lowest BCUT2D eigenvalue weighted by molar-refractivity contribution is -0.384. The minimum absolute atomic E-state index is 0.183. The molecule has 7 nitrogen and oxygen atoms in total. The maximum Gasteiger partial charge on any atom is 0.378 e. The third-order valence-corrected chi connectivity index (χ3v) is 4.95. The predicted octanol–water partition coefficient (Wildman–Crippen LogP) is 4.53. The first-order chi connectivity index (χ1) is 14.3. The number of non-ortho nitro benzene ring substituents is 1. The van der Waals surface area contributed by atoms with Gasteiger partial charge in [-0.3, -0.25) is 10.1 Å². The van der Waals surface area contributed by atoms with Crippen molar-refractivity contribution in [2.75, 3.05) is 0 Å². The van der Waals surface area contributed by atoms with Crippen molar-refractivity contribution in [3.63, 3.8) is 0 Å². The smallest absolute Gasteiger partial charge is 0.378 e. The summed E-state index contributed by atoms with van der Waals surface area (Å²) in [5, 5.41) is 31.5. The summed E-state index contributed by atoms with van der Waals surface area (Å²) in [6.45, 7) is 0. The van der Waals surface area contributed by atoms with Crippen LogP contribution in [0.1, 0.15) is 11.1 Å². The van der Waals surface area contributed by atoms with Crippen LogP contribution in [-0.2, 0) is 15.1 Å². The van der Waals surface area contributed by atoms with Crippen molar-refractivity contribution in [1.82, 2.24) is 0 Å². The maximum atomic E-state index is 13.2. The molecular weight excluding hydrogens is 393 g/mol. The van der Waals surface area contributed by atoms with Gasteiger partial charge in [0.25, 0.3) is 5.69 Å². The summed E-state index contributed by atoms with van der Waals surface area (Å²) in [4.78, 5) is 22.4. The highest BCUT2D eigenvalue weighted by molar-refractivity contribution is 5.91. The van der Waals surface area contributed by atoms with Crippen LogP contribution in [0.3, 0.4) is 0 Å². The van der Waals surface area contributed by atoms with Gasteiger partial charge in [-0.2, -0.15) is 0 Å². The molecule has 0 aromatic heterocycles. The summed E-state index contributed by atoms with van der Waals surface area (Å²) in [6.07, 6.45) is 0. The van der Waals surface area contributed by atoms with Gasteiger partial charge < -0.3 is 14.9 Å². The van der Waals surface area contributed by atoms with Crippen LogP contribution in [0.25, 0.3) is 11.1 Å². The second kappa shape index (κ2) is 7.00. The zero-order valence-corrected chi connectivity index (χ0v) is 15.3. The molecule has 3 aromatic carbocycles. The number of aliphatic hydroxyl groups excluding tert-OH is 2. The largest absolute Gasteiger partial charge is 0.504 e. The Bertz CT molecular complexity index is 1170. The molecule has 0 aliphatic carbocycles. The van der Waals surface area contributed by atoms with Crippen molar-refractivity contribution in [1.29, 1.82) is 0 Å². The Balaban J connectivity index is 1.82. The Morgan fingerprint density at radius 2 is 1.30 bits per heavy atom. The fourth-order valence-corrected chi connectivity index (χ4v) is 3.41. The van der Waals surface area contributed by atoms with Gasteiger partial charge in [0.05, 0.1) is 4.92 Å². The van der Waals surface area contributed by atoms with Gasteiger partial charge >= 0.3 is 5.97 Å². The molecule has 0 fully saturated rings. The lowest BCUT2D eigenvalue weighted by Gasteiger charge is -2.29. The number of nitro groups is 1. The Hall–Kier alpha value is -4.20. The quantitative estimate of drug-likeness (QED) is 0.374. The second-order valence-electron chi connectivity index (χ2n) is 6.66. The summed E-state index contributed by atoms with van der Waals surface area (Å²) < 4.78 is 18.5. The van der Waals surface area contributed by atoms with Crippen molar-refractivity contribution in [2.24, 2.45) is 0 Å². The minimum Gasteiger partial charge on any atom is -0.504 e. The van der Waals surface area contributed by atoms with Crippen LogP contribution in [0.15, 0.2) is 84.3 Å². The third-order valence-electron chi connectivity index (χ3n) is 4.95. The molecule has 1 atom stereocenters. The third kappa shape index (κ3) is 2.95. The van der Waals surface area contributed by atoms with Crippen molar-refractivity contribution in [3.8, 4) is 11.1 Å². The van der Waals surface area contributed by atoms with Crippen LogP contribution in [0.4, 0.5) is 10.1 Å². The average Bonchev–Trinajstić information content (AvgIpc) is 2.99. The van der Waals surface area contributed by atoms with E-state index in [4.69, 9.17) is 4.74 Å². The molecule has 0 saturated carbocycles. The number of ether oxygens (including phenoxy) is 1. The summed E-state index contributed by atoms with van der Waals surface area (Å²) in [7, 11) is 0. The molecule has 0 spiro atoms. The number of cyclic esters (lactones) is 1. The Labute approximate surface area is 169 Å². The molecule has 0 bridgehead atoms. The molecule has 0 radical (unpaired) electrons. The first-order valence-corrected chi connectivity index (χ1v) is 8.80. The highest BCUT2D eigenvalue weighted by Crippen LogP contribution is 2.45. The fraction of sp³-hybridized carbons (Fsp3) is 0.0455. The lowest BCUT2D eigenvalue weighted by atomic mass is 9.84. The molecule has 0 saturated heterocycles. The molecule has 1 heterocycles. The van der Waals surface area contributed by atoms with Crippen molar-refractivity contribution in [2.45, 2.75) is 5.60 Å². The van der Waals surface area contributed by atoms with E-state index in [1.165, 1.54) is 36.4 Å². The standard InChI is InChI=1S/C22H14FNO6/c23-17-9-3-14(4-10-17)13-1-5-15(6-2-13)22(20(26)19(25)21(27)30-22)16-7-11-18(12-8-16)24(28)29/h1-12,25-26H. The number of esters is 1. The number of carbonyl (C=O) groups is 1. The normalized spacial score (nSPS) is 18.4. The van der Waals surface area contributed by atoms with Gasteiger partial charge in [0, 0.05) is 23.3 Å². The first kappa shape index (κ1) is 19.1. The zero-order chi connectivity index (χ0) is 21.5. The SMILES string of the molecule is O=C1OC(c2ccc(-c3ccc(F)cc3)cc2)(c2ccc([N+](=O)[O-])cc2)C(O)=C1O. The van der Waals surface area contributed by atoms with Crippen LogP contribution >= 0.6 is 0 Å². The van der Waals surface area contributed by atoms with E-state index in [-0.39, 0.29) is 17.1 Å². The summed E-state index contributed by atoms with van der Waals surface area (Å²) in [5.74, 6) is -3.13. The number of hydrogen-bond acceptors (Lipinski definition) is 6. The highest BCUT2D eigenvalue weighted by atomic mass is 19.1. The minimum atomic E-state index is -1.85. The lowest BCUT2D eigenvalue weighted by Crippen LogP contribution is -2.31. The Morgan fingerprint density at radius 1 is 0.833 bits per heavy atom. The topological polar surface area (TPSA) is 110 Å². The zero-order valence-electron chi connectivity index (χ0n) is 15.3. The maximum absolute atomic E-state index is 13.2. The number of halogens is 1. The number of hydrogen-bond donors (Lipinski definition) is 2. The van der Waals surface area contributed by atoms with Crippen LogP contribution < -0.4 is 0 Å². The highest BCUT2D eigenvalue weighted by Gasteiger charge is 2.52. The molecular formula is C22H14FNO6. The van der Waals surface area contributed by atoms with Crippen molar-refractivity contribution < 1.29 is 29.1 Å². The van der Waals surface area contributed by atoms with E-state index in [0.29, 0.717) is 5.56 Å². The predicted molar refractivity (Wildman–Crippen MR) is 104 cm³/mol. The van der Waals surface area contributed by atoms with Gasteiger partial charge in [-0.05, 0) is 35.4 Å². The van der Waals surface area contributed by atoms with E-state index < -0.39 is 28.0 Å². The van der Waals surface area contributed by atoms with Gasteiger partial charge in [0.2, 0.25) is 11.4 Å². The van der Waals surface area contributed by atoms with E-state index in [2.05, 4.69) is 0 Å². The molecule has 0 amide bonds. The van der Waals surface area contributed by atoms with Crippen molar-refractivity contribution in [3.05, 3.63) is 111 Å². The molecule has 8 heteroatoms. The van der Waals surface area contributed by atoms with Crippen LogP contribution in [0.5, 0.6) is 0 Å². The van der Waals surface area contributed by atoms with E-state index in [9.17, 15) is 29.5 Å². The first-order valence-electron chi connectivity index (χ1n) is 8.80. The number of benzene rings is 3. The van der Waals surface area contributed by atoms with E-state index in [1.54, 1.807) is 36.4 Å². The summed E-state index contributed by atoms with van der Waals surface area (Å²) in [5.41, 5.74) is -0.00218. The Kier molecular flexibility index (Phi) is 4.46. The Morgan fingerprint density at radius 3 is 1.73 bits per heavy atom. The number of nitro benzene ring substituents is 1. The van der Waals surface area contributed by atoms with Gasteiger partial charge in [0.15, 0.2) is 5.76 Å². The second-order valence-corrected chi connectivity index (χ2v) is 6.66. The average molecular weight is 407 g/mol. The monoisotopic (exact) mass is 407 g/mol. The van der Waals surface area contributed by atoms with E-state index in [1.807, 2.05) is 0 Å². The van der Waals surface area contributed by atoms with Gasteiger partial charge in [-0.25, -0.2) is 9.18 Å². The van der Waals surface area contributed by atoms with Crippen LogP contribution in [0, 0.1) is 15.9 Å². The number of aliphatic hydroxyl groups is 2. The molecule has 3 aromatic rings. The number of nitrogens with zero attached hydrogens (tertiary/aromatic N) is 1. The van der Waals surface area contributed by atoms with Gasteiger partial charge in [-0.1, -0.05) is 36.4 Å². The molecule has 30 heavy (non-hydrogen) atoms. The summed E-state index contributed by atoms with van der Waals surface area (Å²) in [6, 6.07) is 17.5. The summed E-state index contributed by atoms with van der Waals surface area (Å²) >= 11 is 0. The van der Waals surface area contributed by atoms with E-state index >= 15 is 0 Å². The van der Waals surface area contributed by atoms with Gasteiger partial charge in [-0.15, -0.1) is 0 Å². The van der Waals surface area contributed by atoms with E-state index in [0.717, 1.165) is 11.1 Å². The number of carbonyl (C=O) groups excluding carboxylic acids is 1. The molecule has 1 aliphatic heterocycles. The number of rotatable bonds is 4. The molecule has 150 valence electrons. The van der Waals surface area contributed by atoms with Gasteiger partial charge in [0.1, 0.15) is 5.82 Å². The fourth-order valence-electron chi connectivity index (χ4n) is 3.41. The van der Waals surface area contributed by atoms with Crippen LogP contribution in [-0.4, -0.2) is 21.1 Å². The molecule has 2 N–H and O–H groups in total. The van der Waals surface area contributed by atoms with Crippen molar-refractivity contribution >= 4 is 11.7 Å². The van der Waals surface area contributed by atoms with Crippen LogP contribution in [0.2, 0.25) is 0 Å². The molecule has 1 aliphatic rings.